The Bertz CT molecular complexity index is 1270. The number of aliphatic hydroxyl groups is 1. The molecule has 0 amide bonds. The molecule has 1 fully saturated rings. The molecule has 0 radical (unpaired) electrons. The second kappa shape index (κ2) is 8.22. The predicted molar refractivity (Wildman–Crippen MR) is 124 cm³/mol. The molecular formula is C24H26N6O2. The average molecular weight is 431 g/mol. The van der Waals surface area contributed by atoms with Crippen LogP contribution in [-0.2, 0) is 6.54 Å². The molecule has 0 spiro atoms. The van der Waals surface area contributed by atoms with Crippen molar-refractivity contribution < 1.29 is 5.11 Å². The fourth-order valence-electron chi connectivity index (χ4n) is 4.41. The maximum atomic E-state index is 12.7. The Hall–Kier alpha value is -3.49. The lowest BCUT2D eigenvalue weighted by molar-refractivity contribution is 0.0559. The summed E-state index contributed by atoms with van der Waals surface area (Å²) in [6.45, 7) is 2.57. The van der Waals surface area contributed by atoms with Gasteiger partial charge in [0.15, 0.2) is 5.65 Å². The Morgan fingerprint density at radius 1 is 1.12 bits per heavy atom. The molecule has 3 heterocycles. The summed E-state index contributed by atoms with van der Waals surface area (Å²) in [5.41, 5.74) is 1.43. The molecule has 1 atom stereocenters. The smallest absolute Gasteiger partial charge is 0.263 e. The Morgan fingerprint density at radius 3 is 2.59 bits per heavy atom. The number of likely N-dealkylation sites (tertiary alicyclic amines) is 1. The third-order valence-electron chi connectivity index (χ3n) is 5.98. The van der Waals surface area contributed by atoms with Gasteiger partial charge in [-0.2, -0.15) is 10.1 Å². The number of hydrogen-bond acceptors (Lipinski definition) is 6. The number of benzene rings is 2. The van der Waals surface area contributed by atoms with E-state index >= 15 is 0 Å². The van der Waals surface area contributed by atoms with Gasteiger partial charge >= 0.3 is 0 Å². The Morgan fingerprint density at radius 2 is 1.84 bits per heavy atom. The number of aromatic nitrogens is 4. The van der Waals surface area contributed by atoms with Crippen molar-refractivity contribution in [3.63, 3.8) is 0 Å². The number of β-amino-alcohol motifs (C(OH)–C–C–N with tert-alkyl or cyclic N) is 1. The first-order chi connectivity index (χ1) is 15.5. The minimum atomic E-state index is -0.878. The van der Waals surface area contributed by atoms with Gasteiger partial charge < -0.3 is 10.0 Å². The summed E-state index contributed by atoms with van der Waals surface area (Å²) < 4.78 is 1.66. The van der Waals surface area contributed by atoms with Gasteiger partial charge in [0.25, 0.3) is 5.56 Å². The SMILES string of the molecule is CN(CC1(O)CCN(Cc2ccccc2)C1)c1nc2c(cnn2-c2ccccc2)c(=O)[nH]1. The van der Waals surface area contributed by atoms with Gasteiger partial charge in [0, 0.05) is 26.7 Å². The van der Waals surface area contributed by atoms with Crippen LogP contribution >= 0.6 is 0 Å². The number of H-pyrrole nitrogens is 1. The highest BCUT2D eigenvalue weighted by Gasteiger charge is 2.37. The van der Waals surface area contributed by atoms with Crippen LogP contribution in [0.25, 0.3) is 16.7 Å². The van der Waals surface area contributed by atoms with Gasteiger partial charge in [0.05, 0.1) is 24.0 Å². The van der Waals surface area contributed by atoms with Crippen LogP contribution < -0.4 is 10.5 Å². The van der Waals surface area contributed by atoms with Crippen molar-refractivity contribution >= 4 is 17.0 Å². The molecule has 1 aliphatic rings. The first-order valence-electron chi connectivity index (χ1n) is 10.7. The number of likely N-dealkylation sites (N-methyl/N-ethyl adjacent to an activating group) is 1. The summed E-state index contributed by atoms with van der Waals surface area (Å²) >= 11 is 0. The molecule has 1 saturated heterocycles. The van der Waals surface area contributed by atoms with Gasteiger partial charge in [-0.1, -0.05) is 48.5 Å². The highest BCUT2D eigenvalue weighted by molar-refractivity contribution is 5.76. The minimum absolute atomic E-state index is 0.247. The molecule has 164 valence electrons. The molecule has 5 rings (SSSR count). The van der Waals surface area contributed by atoms with Crippen LogP contribution in [0.3, 0.4) is 0 Å². The van der Waals surface area contributed by atoms with Crippen LogP contribution in [0, 0.1) is 0 Å². The van der Waals surface area contributed by atoms with Crippen LogP contribution in [0.1, 0.15) is 12.0 Å². The number of hydrogen-bond donors (Lipinski definition) is 2. The molecule has 1 unspecified atom stereocenters. The number of nitrogens with zero attached hydrogens (tertiary/aromatic N) is 5. The van der Waals surface area contributed by atoms with Crippen LogP contribution in [0.5, 0.6) is 0 Å². The van der Waals surface area contributed by atoms with Gasteiger partial charge in [-0.3, -0.25) is 14.7 Å². The van der Waals surface area contributed by atoms with Crippen molar-refractivity contribution in [1.82, 2.24) is 24.6 Å². The second-order valence-electron chi connectivity index (χ2n) is 8.55. The molecule has 2 aromatic heterocycles. The topological polar surface area (TPSA) is 90.3 Å². The molecule has 8 nitrogen and oxygen atoms in total. The fourth-order valence-corrected chi connectivity index (χ4v) is 4.41. The normalized spacial score (nSPS) is 18.9. The lowest BCUT2D eigenvalue weighted by atomic mass is 10.0. The Balaban J connectivity index is 1.36. The van der Waals surface area contributed by atoms with Gasteiger partial charge in [-0.25, -0.2) is 4.68 Å². The van der Waals surface area contributed by atoms with Crippen LogP contribution in [0.15, 0.2) is 71.7 Å². The second-order valence-corrected chi connectivity index (χ2v) is 8.55. The van der Waals surface area contributed by atoms with Crippen molar-refractivity contribution in [3.05, 3.63) is 82.8 Å². The zero-order chi connectivity index (χ0) is 22.1. The monoisotopic (exact) mass is 430 g/mol. The average Bonchev–Trinajstić information content (AvgIpc) is 3.39. The summed E-state index contributed by atoms with van der Waals surface area (Å²) in [7, 11) is 1.84. The summed E-state index contributed by atoms with van der Waals surface area (Å²) in [6, 6.07) is 19.9. The summed E-state index contributed by atoms with van der Waals surface area (Å²) in [5, 5.41) is 16.0. The number of rotatable bonds is 6. The molecule has 0 bridgehead atoms. The van der Waals surface area contributed by atoms with Crippen LogP contribution in [-0.4, -0.2) is 62.0 Å². The van der Waals surface area contributed by atoms with E-state index in [2.05, 4.69) is 32.1 Å². The van der Waals surface area contributed by atoms with E-state index in [0.717, 1.165) is 18.8 Å². The lowest BCUT2D eigenvalue weighted by Crippen LogP contribution is -2.44. The largest absolute Gasteiger partial charge is 0.387 e. The van der Waals surface area contributed by atoms with E-state index in [4.69, 9.17) is 0 Å². The summed E-state index contributed by atoms with van der Waals surface area (Å²) in [5.74, 6) is 0.412. The molecule has 1 aliphatic heterocycles. The molecule has 0 saturated carbocycles. The third-order valence-corrected chi connectivity index (χ3v) is 5.98. The maximum Gasteiger partial charge on any atom is 0.263 e. The minimum Gasteiger partial charge on any atom is -0.387 e. The van der Waals surface area contributed by atoms with E-state index in [1.165, 1.54) is 11.8 Å². The first-order valence-corrected chi connectivity index (χ1v) is 10.7. The Labute approximate surface area is 185 Å². The van der Waals surface area contributed by atoms with Crippen molar-refractivity contribution in [2.24, 2.45) is 0 Å². The van der Waals surface area contributed by atoms with Crippen molar-refractivity contribution in [2.75, 3.05) is 31.6 Å². The van der Waals surface area contributed by atoms with E-state index in [-0.39, 0.29) is 5.56 Å². The first kappa shape index (κ1) is 20.4. The van der Waals surface area contributed by atoms with E-state index in [0.29, 0.717) is 36.5 Å². The standard InChI is InChI=1S/C24H26N6O2/c1-28(16-24(32)12-13-29(17-24)15-18-8-4-2-5-9-18)23-26-21-20(22(31)27-23)14-25-30(21)19-10-6-3-7-11-19/h2-11,14,32H,12-13,15-17H2,1H3,(H,26,27,31). The number of anilines is 1. The molecule has 4 aromatic rings. The molecular weight excluding hydrogens is 404 g/mol. The predicted octanol–water partition coefficient (Wildman–Crippen LogP) is 2.18. The van der Waals surface area contributed by atoms with Gasteiger partial charge in [-0.15, -0.1) is 0 Å². The molecule has 8 heteroatoms. The van der Waals surface area contributed by atoms with Gasteiger partial charge in [0.2, 0.25) is 5.95 Å². The molecule has 32 heavy (non-hydrogen) atoms. The quantitative estimate of drug-likeness (QED) is 0.487. The highest BCUT2D eigenvalue weighted by atomic mass is 16.3. The highest BCUT2D eigenvalue weighted by Crippen LogP contribution is 2.25. The van der Waals surface area contributed by atoms with Crippen molar-refractivity contribution in [3.8, 4) is 5.69 Å². The van der Waals surface area contributed by atoms with Gasteiger partial charge in [-0.05, 0) is 24.1 Å². The van der Waals surface area contributed by atoms with Crippen LogP contribution in [0.2, 0.25) is 0 Å². The molecule has 2 aromatic carbocycles. The third kappa shape index (κ3) is 4.02. The van der Waals surface area contributed by atoms with E-state index in [1.807, 2.05) is 60.5 Å². The number of aromatic amines is 1. The number of para-hydroxylation sites is 1. The van der Waals surface area contributed by atoms with E-state index < -0.39 is 5.60 Å². The number of nitrogens with one attached hydrogen (secondary N) is 1. The zero-order valence-corrected chi connectivity index (χ0v) is 18.0. The Kier molecular flexibility index (Phi) is 5.24. The molecule has 0 aliphatic carbocycles. The summed E-state index contributed by atoms with van der Waals surface area (Å²) in [6.07, 6.45) is 2.20. The zero-order valence-electron chi connectivity index (χ0n) is 18.0. The van der Waals surface area contributed by atoms with E-state index in [9.17, 15) is 9.90 Å². The maximum absolute atomic E-state index is 12.7. The van der Waals surface area contributed by atoms with Crippen molar-refractivity contribution in [1.29, 1.82) is 0 Å². The van der Waals surface area contributed by atoms with Crippen LogP contribution in [0.4, 0.5) is 5.95 Å². The lowest BCUT2D eigenvalue weighted by Gasteiger charge is -2.29. The fraction of sp³-hybridized carbons (Fsp3) is 0.292. The van der Waals surface area contributed by atoms with Gasteiger partial charge in [0.1, 0.15) is 5.39 Å². The number of fused-ring (bicyclic) bond motifs is 1. The van der Waals surface area contributed by atoms with Crippen molar-refractivity contribution in [2.45, 2.75) is 18.6 Å². The molecule has 2 N–H and O–H groups in total. The summed E-state index contributed by atoms with van der Waals surface area (Å²) in [4.78, 5) is 24.3. The van der Waals surface area contributed by atoms with E-state index in [1.54, 1.807) is 4.68 Å².